The average molecular weight is 411 g/mol. The van der Waals surface area contributed by atoms with E-state index in [1.807, 2.05) is 38.4 Å². The number of hydrogen-bond acceptors (Lipinski definition) is 3. The van der Waals surface area contributed by atoms with Gasteiger partial charge in [0.05, 0.1) is 4.90 Å². The third kappa shape index (κ3) is 3.69. The quantitative estimate of drug-likeness (QED) is 0.488. The SMILES string of the molecule is CCn1cc(C(CNS(=O)(=O)c2ccc3cc[nH]c3c2)N(C)C)c2ccccc21. The van der Waals surface area contributed by atoms with Crippen molar-refractivity contribution in [3.63, 3.8) is 0 Å². The predicted molar refractivity (Wildman–Crippen MR) is 118 cm³/mol. The molecule has 0 aliphatic heterocycles. The molecule has 0 spiro atoms. The van der Waals surface area contributed by atoms with Gasteiger partial charge in [0.25, 0.3) is 0 Å². The smallest absolute Gasteiger partial charge is 0.240 e. The van der Waals surface area contributed by atoms with Gasteiger partial charge in [0.15, 0.2) is 0 Å². The van der Waals surface area contributed by atoms with Crippen LogP contribution in [0.5, 0.6) is 0 Å². The number of likely N-dealkylation sites (N-methyl/N-ethyl adjacent to an activating group) is 1. The Kier molecular flexibility index (Phi) is 5.21. The number of fused-ring (bicyclic) bond motifs is 2. The lowest BCUT2D eigenvalue weighted by Crippen LogP contribution is -2.34. The van der Waals surface area contributed by atoms with Crippen molar-refractivity contribution in [3.05, 3.63) is 66.5 Å². The summed E-state index contributed by atoms with van der Waals surface area (Å²) in [5.74, 6) is 0. The van der Waals surface area contributed by atoms with Gasteiger partial charge in [-0.15, -0.1) is 0 Å². The number of para-hydroxylation sites is 1. The Morgan fingerprint density at radius 1 is 1.14 bits per heavy atom. The molecule has 4 aromatic rings. The third-order valence-electron chi connectivity index (χ3n) is 5.45. The van der Waals surface area contributed by atoms with Crippen molar-refractivity contribution in [3.8, 4) is 0 Å². The Labute approximate surface area is 171 Å². The fourth-order valence-corrected chi connectivity index (χ4v) is 4.90. The number of aryl methyl sites for hydroxylation is 1. The lowest BCUT2D eigenvalue weighted by atomic mass is 10.1. The first kappa shape index (κ1) is 19.7. The molecular formula is C22H26N4O2S. The van der Waals surface area contributed by atoms with E-state index in [9.17, 15) is 8.42 Å². The molecule has 0 saturated carbocycles. The minimum atomic E-state index is -3.62. The molecule has 0 saturated heterocycles. The van der Waals surface area contributed by atoms with Gasteiger partial charge in [-0.05, 0) is 56.2 Å². The molecule has 0 bridgehead atoms. The van der Waals surface area contributed by atoms with Gasteiger partial charge in [0.2, 0.25) is 10.0 Å². The van der Waals surface area contributed by atoms with E-state index in [0.29, 0.717) is 0 Å². The van der Waals surface area contributed by atoms with Crippen LogP contribution in [0.3, 0.4) is 0 Å². The summed E-state index contributed by atoms with van der Waals surface area (Å²) in [6.45, 7) is 3.26. The maximum Gasteiger partial charge on any atom is 0.240 e. The van der Waals surface area contributed by atoms with Crippen molar-refractivity contribution >= 4 is 31.8 Å². The van der Waals surface area contributed by atoms with Crippen LogP contribution in [0.15, 0.2) is 65.8 Å². The molecule has 0 amide bonds. The van der Waals surface area contributed by atoms with Gasteiger partial charge in [0, 0.05) is 47.9 Å². The summed E-state index contributed by atoms with van der Waals surface area (Å²) in [5, 5.41) is 2.14. The molecule has 2 N–H and O–H groups in total. The lowest BCUT2D eigenvalue weighted by Gasteiger charge is -2.24. The van der Waals surface area contributed by atoms with Crippen molar-refractivity contribution in [2.24, 2.45) is 0 Å². The molecule has 2 aromatic carbocycles. The van der Waals surface area contributed by atoms with Gasteiger partial charge >= 0.3 is 0 Å². The molecule has 6 nitrogen and oxygen atoms in total. The summed E-state index contributed by atoms with van der Waals surface area (Å²) < 4.78 is 30.9. The molecule has 0 radical (unpaired) electrons. The molecule has 1 atom stereocenters. The van der Waals surface area contributed by atoms with Crippen molar-refractivity contribution in [1.29, 1.82) is 0 Å². The van der Waals surface area contributed by atoms with E-state index in [4.69, 9.17) is 0 Å². The van der Waals surface area contributed by atoms with Gasteiger partial charge in [-0.1, -0.05) is 24.3 Å². The maximum absolute atomic E-state index is 12.9. The normalized spacial score (nSPS) is 13.5. The molecule has 0 aliphatic carbocycles. The van der Waals surface area contributed by atoms with Gasteiger partial charge < -0.3 is 14.5 Å². The highest BCUT2D eigenvalue weighted by Crippen LogP contribution is 2.29. The Bertz CT molecular complexity index is 1250. The predicted octanol–water partition coefficient (Wildman–Crippen LogP) is 3.72. The first-order chi connectivity index (χ1) is 13.9. The Morgan fingerprint density at radius 2 is 1.93 bits per heavy atom. The Morgan fingerprint density at radius 3 is 2.69 bits per heavy atom. The van der Waals surface area contributed by atoms with Crippen LogP contribution in [0.4, 0.5) is 0 Å². The van der Waals surface area contributed by atoms with E-state index < -0.39 is 10.0 Å². The van der Waals surface area contributed by atoms with Crippen LogP contribution in [-0.2, 0) is 16.6 Å². The van der Waals surface area contributed by atoms with E-state index in [-0.39, 0.29) is 17.5 Å². The van der Waals surface area contributed by atoms with Crippen LogP contribution in [0.1, 0.15) is 18.5 Å². The summed E-state index contributed by atoms with van der Waals surface area (Å²) in [5.41, 5.74) is 3.09. The van der Waals surface area contributed by atoms with Gasteiger partial charge in [0.1, 0.15) is 0 Å². The molecule has 2 heterocycles. The van der Waals surface area contributed by atoms with E-state index in [0.717, 1.165) is 33.9 Å². The summed E-state index contributed by atoms with van der Waals surface area (Å²) in [6.07, 6.45) is 3.94. The molecule has 29 heavy (non-hydrogen) atoms. The van der Waals surface area contributed by atoms with Crippen molar-refractivity contribution in [1.82, 2.24) is 19.2 Å². The number of nitrogens with zero attached hydrogens (tertiary/aromatic N) is 2. The van der Waals surface area contributed by atoms with Crippen LogP contribution >= 0.6 is 0 Å². The summed E-state index contributed by atoms with van der Waals surface area (Å²) in [4.78, 5) is 5.39. The zero-order valence-corrected chi connectivity index (χ0v) is 17.7. The molecule has 152 valence electrons. The second-order valence-corrected chi connectivity index (χ2v) is 9.21. The molecule has 0 aliphatic rings. The van der Waals surface area contributed by atoms with Crippen LogP contribution < -0.4 is 4.72 Å². The van der Waals surface area contributed by atoms with Crippen LogP contribution in [0.2, 0.25) is 0 Å². The minimum absolute atomic E-state index is 0.0864. The topological polar surface area (TPSA) is 70.1 Å². The highest BCUT2D eigenvalue weighted by molar-refractivity contribution is 7.89. The van der Waals surface area contributed by atoms with E-state index in [1.54, 1.807) is 18.3 Å². The number of nitrogens with one attached hydrogen (secondary N) is 2. The number of rotatable bonds is 7. The Hall–Kier alpha value is -2.61. The molecule has 1 unspecified atom stereocenters. The Balaban J connectivity index is 1.64. The van der Waals surface area contributed by atoms with E-state index in [1.165, 1.54) is 0 Å². The number of H-pyrrole nitrogens is 1. The summed E-state index contributed by atoms with van der Waals surface area (Å²) >= 11 is 0. The molecule has 7 heteroatoms. The standard InChI is InChI=1S/C22H26N4O2S/c1-4-26-15-19(18-7-5-6-8-21(18)26)22(25(2)3)14-24-29(27,28)17-10-9-16-11-12-23-20(16)13-17/h5-13,15,22-24H,4,14H2,1-3H3. The van der Waals surface area contributed by atoms with Crippen molar-refractivity contribution in [2.45, 2.75) is 24.4 Å². The number of aromatic nitrogens is 2. The van der Waals surface area contributed by atoms with Gasteiger partial charge in [-0.25, -0.2) is 13.1 Å². The molecule has 0 fully saturated rings. The van der Waals surface area contributed by atoms with Crippen LogP contribution in [0.25, 0.3) is 21.8 Å². The number of benzene rings is 2. The van der Waals surface area contributed by atoms with Crippen LogP contribution in [0, 0.1) is 0 Å². The highest BCUT2D eigenvalue weighted by atomic mass is 32.2. The maximum atomic E-state index is 12.9. The zero-order valence-electron chi connectivity index (χ0n) is 16.9. The van der Waals surface area contributed by atoms with Crippen molar-refractivity contribution < 1.29 is 8.42 Å². The van der Waals surface area contributed by atoms with E-state index >= 15 is 0 Å². The number of hydrogen-bond donors (Lipinski definition) is 2. The number of sulfonamides is 1. The third-order valence-corrected chi connectivity index (χ3v) is 6.87. The fourth-order valence-electron chi connectivity index (χ4n) is 3.84. The fraction of sp³-hybridized carbons (Fsp3) is 0.273. The summed E-state index contributed by atoms with van der Waals surface area (Å²) in [7, 11) is 0.327. The summed E-state index contributed by atoms with van der Waals surface area (Å²) in [6, 6.07) is 15.2. The van der Waals surface area contributed by atoms with Gasteiger partial charge in [-0.2, -0.15) is 0 Å². The average Bonchev–Trinajstić information content (AvgIpc) is 3.32. The second-order valence-electron chi connectivity index (χ2n) is 7.45. The zero-order chi connectivity index (χ0) is 20.6. The molecule has 4 rings (SSSR count). The van der Waals surface area contributed by atoms with Crippen LogP contribution in [-0.4, -0.2) is 43.5 Å². The molecular weight excluding hydrogens is 384 g/mol. The van der Waals surface area contributed by atoms with Crippen molar-refractivity contribution in [2.75, 3.05) is 20.6 Å². The number of aromatic amines is 1. The van der Waals surface area contributed by atoms with E-state index in [2.05, 4.69) is 44.4 Å². The second kappa shape index (κ2) is 7.67. The molecule has 2 aromatic heterocycles. The largest absolute Gasteiger partial charge is 0.361 e. The highest BCUT2D eigenvalue weighted by Gasteiger charge is 2.23. The first-order valence-electron chi connectivity index (χ1n) is 9.71. The van der Waals surface area contributed by atoms with Gasteiger partial charge in [-0.3, -0.25) is 0 Å². The lowest BCUT2D eigenvalue weighted by molar-refractivity contribution is 0.301. The monoisotopic (exact) mass is 410 g/mol. The first-order valence-corrected chi connectivity index (χ1v) is 11.2. The minimum Gasteiger partial charge on any atom is -0.361 e.